The zero-order chi connectivity index (χ0) is 21.0. The lowest BCUT2D eigenvalue weighted by atomic mass is 10.3. The molecule has 0 aliphatic carbocycles. The normalized spacial score (nSPS) is 11.2. The fourth-order valence-electron chi connectivity index (χ4n) is 2.54. The van der Waals surface area contributed by atoms with E-state index in [0.717, 1.165) is 11.8 Å². The van der Waals surface area contributed by atoms with E-state index in [1.54, 1.807) is 19.1 Å². The first-order valence-corrected chi connectivity index (χ1v) is 11.0. The molecule has 1 aromatic heterocycles. The number of nitrogens with two attached hydrogens (primary N) is 1. The molecule has 0 saturated heterocycles. The number of amides is 1. The lowest BCUT2D eigenvalue weighted by Crippen LogP contribution is -2.22. The molecule has 2 aromatic carbocycles. The van der Waals surface area contributed by atoms with Crippen molar-refractivity contribution >= 4 is 33.4 Å². The molecule has 3 aromatic rings. The van der Waals surface area contributed by atoms with E-state index in [4.69, 9.17) is 5.14 Å². The Morgan fingerprint density at radius 1 is 1.14 bits per heavy atom. The van der Waals surface area contributed by atoms with Crippen molar-refractivity contribution < 1.29 is 13.2 Å². The van der Waals surface area contributed by atoms with Crippen molar-refractivity contribution in [3.05, 3.63) is 76.7 Å². The zero-order valence-corrected chi connectivity index (χ0v) is 17.0. The number of carbonyl (C=O) groups excluding carboxylic acids is 1. The Labute approximate surface area is 171 Å². The fraction of sp³-hybridized carbons (Fsp3) is 0.105. The van der Waals surface area contributed by atoms with Crippen LogP contribution in [0.3, 0.4) is 0 Å². The molecule has 0 bridgehead atoms. The monoisotopic (exact) mass is 430 g/mol. The van der Waals surface area contributed by atoms with Crippen LogP contribution in [0.4, 0.5) is 5.69 Å². The van der Waals surface area contributed by atoms with Crippen molar-refractivity contribution in [1.82, 2.24) is 9.55 Å². The number of para-hydroxylation sites is 1. The van der Waals surface area contributed by atoms with E-state index >= 15 is 0 Å². The first kappa shape index (κ1) is 20.8. The maximum absolute atomic E-state index is 12.5. The molecule has 1 heterocycles. The molecule has 0 unspecified atom stereocenters. The topological polar surface area (TPSA) is 124 Å². The highest BCUT2D eigenvalue weighted by atomic mass is 32.2. The number of anilines is 1. The van der Waals surface area contributed by atoms with Gasteiger partial charge in [-0.15, -0.1) is 0 Å². The number of nitrogens with zero attached hydrogens (tertiary/aromatic N) is 2. The summed E-state index contributed by atoms with van der Waals surface area (Å²) >= 11 is 1.13. The highest BCUT2D eigenvalue weighted by molar-refractivity contribution is 7.99. The van der Waals surface area contributed by atoms with Crippen LogP contribution in [0.2, 0.25) is 0 Å². The Kier molecular flexibility index (Phi) is 6.16. The van der Waals surface area contributed by atoms with Gasteiger partial charge in [0.1, 0.15) is 0 Å². The van der Waals surface area contributed by atoms with Crippen molar-refractivity contribution in [1.29, 1.82) is 0 Å². The van der Waals surface area contributed by atoms with E-state index in [1.165, 1.54) is 34.9 Å². The van der Waals surface area contributed by atoms with Gasteiger partial charge in [-0.2, -0.15) is 0 Å². The first-order chi connectivity index (χ1) is 13.7. The molecule has 150 valence electrons. The molecular weight excluding hydrogens is 412 g/mol. The Morgan fingerprint density at radius 3 is 2.41 bits per heavy atom. The molecule has 0 atom stereocenters. The summed E-state index contributed by atoms with van der Waals surface area (Å²) in [6.07, 6.45) is 0. The average molecular weight is 431 g/mol. The van der Waals surface area contributed by atoms with E-state index in [2.05, 4.69) is 10.3 Å². The number of primary sulfonamides is 1. The van der Waals surface area contributed by atoms with E-state index in [0.29, 0.717) is 22.2 Å². The highest BCUT2D eigenvalue weighted by Crippen LogP contribution is 2.19. The van der Waals surface area contributed by atoms with E-state index in [9.17, 15) is 18.0 Å². The minimum absolute atomic E-state index is 0.0136. The maximum Gasteiger partial charge on any atom is 0.258 e. The predicted octanol–water partition coefficient (Wildman–Crippen LogP) is 1.92. The summed E-state index contributed by atoms with van der Waals surface area (Å²) in [5, 5.41) is 8.13. The van der Waals surface area contributed by atoms with Crippen LogP contribution in [0.5, 0.6) is 0 Å². The van der Waals surface area contributed by atoms with E-state index in [-0.39, 0.29) is 22.1 Å². The van der Waals surface area contributed by atoms with Gasteiger partial charge in [0.05, 0.1) is 16.3 Å². The van der Waals surface area contributed by atoms with Crippen LogP contribution in [-0.4, -0.2) is 29.6 Å². The predicted molar refractivity (Wildman–Crippen MR) is 112 cm³/mol. The van der Waals surface area contributed by atoms with Gasteiger partial charge in [0.2, 0.25) is 15.9 Å². The molecule has 0 aliphatic rings. The largest absolute Gasteiger partial charge is 0.325 e. The van der Waals surface area contributed by atoms with Crippen LogP contribution in [0, 0.1) is 6.92 Å². The van der Waals surface area contributed by atoms with Gasteiger partial charge < -0.3 is 5.32 Å². The molecule has 3 N–H and O–H groups in total. The van der Waals surface area contributed by atoms with Crippen LogP contribution < -0.4 is 16.0 Å². The van der Waals surface area contributed by atoms with Gasteiger partial charge in [-0.1, -0.05) is 30.0 Å². The lowest BCUT2D eigenvalue weighted by Gasteiger charge is -2.12. The van der Waals surface area contributed by atoms with Crippen molar-refractivity contribution in [3.8, 4) is 5.69 Å². The molecule has 0 radical (unpaired) electrons. The Morgan fingerprint density at radius 2 is 1.79 bits per heavy atom. The molecule has 1 amide bonds. The number of nitrogens with one attached hydrogen (secondary N) is 1. The molecule has 3 rings (SSSR count). The van der Waals surface area contributed by atoms with Crippen molar-refractivity contribution in [2.45, 2.75) is 17.0 Å². The summed E-state index contributed by atoms with van der Waals surface area (Å²) in [4.78, 5) is 29.1. The molecule has 0 spiro atoms. The van der Waals surface area contributed by atoms with Gasteiger partial charge in [-0.25, -0.2) is 18.5 Å². The Hall–Kier alpha value is -2.95. The van der Waals surface area contributed by atoms with Crippen LogP contribution in [-0.2, 0) is 14.8 Å². The summed E-state index contributed by atoms with van der Waals surface area (Å²) < 4.78 is 24.0. The molecule has 0 aliphatic heterocycles. The smallest absolute Gasteiger partial charge is 0.258 e. The fourth-order valence-corrected chi connectivity index (χ4v) is 3.92. The van der Waals surface area contributed by atoms with Gasteiger partial charge in [0, 0.05) is 17.4 Å². The highest BCUT2D eigenvalue weighted by Gasteiger charge is 2.13. The second-order valence-corrected chi connectivity index (χ2v) is 8.60. The number of aromatic nitrogens is 2. The molecule has 0 saturated carbocycles. The third-order valence-corrected chi connectivity index (χ3v) is 5.70. The van der Waals surface area contributed by atoms with Gasteiger partial charge in [0.15, 0.2) is 5.16 Å². The van der Waals surface area contributed by atoms with Crippen LogP contribution in [0.1, 0.15) is 5.69 Å². The number of aryl methyl sites for hydroxylation is 1. The molecule has 10 heteroatoms. The first-order valence-electron chi connectivity index (χ1n) is 8.46. The summed E-state index contributed by atoms with van der Waals surface area (Å²) in [7, 11) is -3.79. The number of hydrogen-bond acceptors (Lipinski definition) is 6. The third kappa shape index (κ3) is 5.31. The Balaban J connectivity index is 1.74. The van der Waals surface area contributed by atoms with Crippen LogP contribution >= 0.6 is 11.8 Å². The van der Waals surface area contributed by atoms with Crippen LogP contribution in [0.25, 0.3) is 5.69 Å². The third-order valence-electron chi connectivity index (χ3n) is 3.83. The second-order valence-electron chi connectivity index (χ2n) is 6.10. The molecular formula is C19H18N4O4S2. The number of carbonyl (C=O) groups is 1. The minimum Gasteiger partial charge on any atom is -0.325 e. The van der Waals surface area contributed by atoms with Gasteiger partial charge in [0.25, 0.3) is 5.56 Å². The van der Waals surface area contributed by atoms with Crippen LogP contribution in [0.15, 0.2) is 75.5 Å². The molecule has 29 heavy (non-hydrogen) atoms. The van der Waals surface area contributed by atoms with Gasteiger partial charge in [-0.05, 0) is 43.3 Å². The number of thioether (sulfide) groups is 1. The van der Waals surface area contributed by atoms with Gasteiger partial charge >= 0.3 is 0 Å². The zero-order valence-electron chi connectivity index (χ0n) is 15.4. The second kappa shape index (κ2) is 8.60. The summed E-state index contributed by atoms with van der Waals surface area (Å²) in [6, 6.07) is 16.0. The van der Waals surface area contributed by atoms with Gasteiger partial charge in [-0.3, -0.25) is 14.2 Å². The summed E-state index contributed by atoms with van der Waals surface area (Å²) in [5.74, 6) is -0.312. The quantitative estimate of drug-likeness (QED) is 0.455. The van der Waals surface area contributed by atoms with Crippen molar-refractivity contribution in [3.63, 3.8) is 0 Å². The number of sulfonamides is 1. The van der Waals surface area contributed by atoms with Crippen molar-refractivity contribution in [2.24, 2.45) is 5.14 Å². The SMILES string of the molecule is Cc1cc(=O)n(-c2ccccc2)c(SCC(=O)Nc2ccc(S(N)(=O)=O)cc2)n1. The lowest BCUT2D eigenvalue weighted by molar-refractivity contribution is -0.113. The Bertz CT molecular complexity index is 1190. The summed E-state index contributed by atoms with van der Waals surface area (Å²) in [6.45, 7) is 1.72. The van der Waals surface area contributed by atoms with E-state index < -0.39 is 10.0 Å². The van der Waals surface area contributed by atoms with Crippen molar-refractivity contribution in [2.75, 3.05) is 11.1 Å². The summed E-state index contributed by atoms with van der Waals surface area (Å²) in [5.41, 5.74) is 1.42. The number of hydrogen-bond donors (Lipinski definition) is 2. The number of benzene rings is 2. The molecule has 8 nitrogen and oxygen atoms in total. The van der Waals surface area contributed by atoms with E-state index in [1.807, 2.05) is 18.2 Å². The number of rotatable bonds is 6. The maximum atomic E-state index is 12.5. The standard InChI is InChI=1S/C19H18N4O4S2/c1-13-11-18(25)23(15-5-3-2-4-6-15)19(21-13)28-12-17(24)22-14-7-9-16(10-8-14)29(20,26)27/h2-11H,12H2,1H3,(H,22,24)(H2,20,26,27). The molecule has 0 fully saturated rings. The minimum atomic E-state index is -3.79. The average Bonchev–Trinajstić information content (AvgIpc) is 2.66.